The largest absolute Gasteiger partial charge is 0.340 e. The normalized spacial score (nSPS) is 30.8. The fourth-order valence-electron chi connectivity index (χ4n) is 2.94. The maximum atomic E-state index is 12.2. The number of piperidine rings is 1. The van der Waals surface area contributed by atoms with Crippen LogP contribution >= 0.6 is 0 Å². The van der Waals surface area contributed by atoms with E-state index in [1.54, 1.807) is 0 Å². The Kier molecular flexibility index (Phi) is 4.40. The second-order valence-corrected chi connectivity index (χ2v) is 5.43. The van der Waals surface area contributed by atoms with E-state index in [1.807, 2.05) is 11.9 Å². The van der Waals surface area contributed by atoms with Crippen LogP contribution in [0.1, 0.15) is 32.6 Å². The van der Waals surface area contributed by atoms with Crippen LogP contribution in [0.2, 0.25) is 0 Å². The molecule has 0 aliphatic carbocycles. The Hall–Kier alpha value is -0.610. The number of hydrogen-bond acceptors (Lipinski definition) is 3. The number of nitrogens with zero attached hydrogens (tertiary/aromatic N) is 2. The topological polar surface area (TPSA) is 35.6 Å². The molecular formula is C13H25N3O. The zero-order valence-electron chi connectivity index (χ0n) is 11.1. The van der Waals surface area contributed by atoms with Gasteiger partial charge in [0.2, 0.25) is 5.91 Å². The van der Waals surface area contributed by atoms with Crippen LogP contribution in [0.15, 0.2) is 0 Å². The van der Waals surface area contributed by atoms with Crippen LogP contribution < -0.4 is 5.32 Å². The summed E-state index contributed by atoms with van der Waals surface area (Å²) in [6, 6.07) is 1.08. The van der Waals surface area contributed by atoms with Gasteiger partial charge in [0, 0.05) is 25.2 Å². The summed E-state index contributed by atoms with van der Waals surface area (Å²) in [6.07, 6.45) is 4.81. The molecule has 0 bridgehead atoms. The van der Waals surface area contributed by atoms with Crippen molar-refractivity contribution in [3.63, 3.8) is 0 Å². The Morgan fingerprint density at radius 1 is 1.29 bits per heavy atom. The van der Waals surface area contributed by atoms with Crippen molar-refractivity contribution >= 4 is 5.91 Å². The average Bonchev–Trinajstić information content (AvgIpc) is 2.75. The number of hydrogen-bond donors (Lipinski definition) is 1. The van der Waals surface area contributed by atoms with E-state index in [4.69, 9.17) is 0 Å². The molecule has 98 valence electrons. The summed E-state index contributed by atoms with van der Waals surface area (Å²) in [5.41, 5.74) is 0. The van der Waals surface area contributed by atoms with Gasteiger partial charge in [0.1, 0.15) is 0 Å². The van der Waals surface area contributed by atoms with E-state index >= 15 is 0 Å². The smallest absolute Gasteiger partial charge is 0.236 e. The van der Waals surface area contributed by atoms with Crippen LogP contribution in [-0.4, -0.2) is 61.0 Å². The van der Waals surface area contributed by atoms with Crippen LogP contribution in [-0.2, 0) is 4.79 Å². The predicted octanol–water partition coefficient (Wildman–Crippen LogP) is 0.681. The maximum absolute atomic E-state index is 12.2. The van der Waals surface area contributed by atoms with Crippen molar-refractivity contribution < 1.29 is 4.79 Å². The molecular weight excluding hydrogens is 214 g/mol. The van der Waals surface area contributed by atoms with Crippen LogP contribution in [0.3, 0.4) is 0 Å². The zero-order chi connectivity index (χ0) is 12.3. The monoisotopic (exact) mass is 239 g/mol. The Morgan fingerprint density at radius 3 is 2.71 bits per heavy atom. The fourth-order valence-corrected chi connectivity index (χ4v) is 2.94. The van der Waals surface area contributed by atoms with Crippen molar-refractivity contribution in [2.24, 2.45) is 0 Å². The molecule has 2 saturated heterocycles. The van der Waals surface area contributed by atoms with E-state index in [9.17, 15) is 4.79 Å². The highest BCUT2D eigenvalue weighted by atomic mass is 16.2. The average molecular weight is 239 g/mol. The molecule has 0 radical (unpaired) electrons. The summed E-state index contributed by atoms with van der Waals surface area (Å²) in [6.45, 7) is 5.78. The van der Waals surface area contributed by atoms with Crippen LogP contribution in [0, 0.1) is 0 Å². The van der Waals surface area contributed by atoms with Gasteiger partial charge in [-0.2, -0.15) is 0 Å². The summed E-state index contributed by atoms with van der Waals surface area (Å²) in [5, 5.41) is 3.28. The maximum Gasteiger partial charge on any atom is 0.236 e. The quantitative estimate of drug-likeness (QED) is 0.787. The molecule has 1 N–H and O–H groups in total. The molecule has 0 saturated carbocycles. The van der Waals surface area contributed by atoms with Crippen LogP contribution in [0.5, 0.6) is 0 Å². The molecule has 2 aliphatic rings. The highest BCUT2D eigenvalue weighted by molar-refractivity contribution is 5.78. The minimum absolute atomic E-state index is 0.318. The third kappa shape index (κ3) is 3.19. The minimum Gasteiger partial charge on any atom is -0.340 e. The second-order valence-electron chi connectivity index (χ2n) is 5.43. The van der Waals surface area contributed by atoms with E-state index in [0.717, 1.165) is 26.1 Å². The fraction of sp³-hybridized carbons (Fsp3) is 0.923. The summed E-state index contributed by atoms with van der Waals surface area (Å²) in [7, 11) is 1.99. The van der Waals surface area contributed by atoms with Gasteiger partial charge in [0.05, 0.1) is 6.54 Å². The lowest BCUT2D eigenvalue weighted by atomic mass is 10.1. The molecule has 4 heteroatoms. The van der Waals surface area contributed by atoms with Gasteiger partial charge in [-0.25, -0.2) is 0 Å². The lowest BCUT2D eigenvalue weighted by molar-refractivity contribution is -0.133. The molecule has 0 unspecified atom stereocenters. The molecule has 0 aromatic heterocycles. The van der Waals surface area contributed by atoms with E-state index in [2.05, 4.69) is 17.1 Å². The molecule has 0 spiro atoms. The van der Waals surface area contributed by atoms with Gasteiger partial charge in [-0.15, -0.1) is 0 Å². The Bertz CT molecular complexity index is 269. The van der Waals surface area contributed by atoms with Crippen molar-refractivity contribution in [2.75, 3.05) is 33.2 Å². The minimum atomic E-state index is 0.318. The standard InChI is InChI=1S/C13H25N3O/c1-11-5-3-7-15(11)10-13(17)16-8-4-6-12(9-16)14-2/h11-12,14H,3-10H2,1-2H3/t11-,12+/m0/s1. The summed E-state index contributed by atoms with van der Waals surface area (Å²) < 4.78 is 0. The number of likely N-dealkylation sites (tertiary alicyclic amines) is 2. The number of rotatable bonds is 3. The van der Waals surface area contributed by atoms with Gasteiger partial charge >= 0.3 is 0 Å². The zero-order valence-corrected chi connectivity index (χ0v) is 11.1. The van der Waals surface area contributed by atoms with E-state index in [0.29, 0.717) is 24.5 Å². The first-order valence-electron chi connectivity index (χ1n) is 6.90. The second kappa shape index (κ2) is 5.83. The van der Waals surface area contributed by atoms with Crippen LogP contribution in [0.4, 0.5) is 0 Å². The van der Waals surface area contributed by atoms with E-state index in [-0.39, 0.29) is 0 Å². The molecule has 2 fully saturated rings. The summed E-state index contributed by atoms with van der Waals surface area (Å²) >= 11 is 0. The van der Waals surface area contributed by atoms with Gasteiger partial charge in [0.25, 0.3) is 0 Å². The van der Waals surface area contributed by atoms with Crippen molar-refractivity contribution in [1.82, 2.24) is 15.1 Å². The first-order chi connectivity index (χ1) is 8.20. The van der Waals surface area contributed by atoms with Crippen LogP contribution in [0.25, 0.3) is 0 Å². The van der Waals surface area contributed by atoms with E-state index < -0.39 is 0 Å². The Labute approximate surface area is 104 Å². The van der Waals surface area contributed by atoms with Gasteiger partial charge in [-0.3, -0.25) is 9.69 Å². The van der Waals surface area contributed by atoms with Gasteiger partial charge in [-0.05, 0) is 46.2 Å². The Morgan fingerprint density at radius 2 is 2.06 bits per heavy atom. The highest BCUT2D eigenvalue weighted by Crippen LogP contribution is 2.17. The van der Waals surface area contributed by atoms with Gasteiger partial charge < -0.3 is 10.2 Å². The lowest BCUT2D eigenvalue weighted by Crippen LogP contribution is -2.50. The van der Waals surface area contributed by atoms with Gasteiger partial charge in [-0.1, -0.05) is 0 Å². The van der Waals surface area contributed by atoms with Crippen molar-refractivity contribution in [1.29, 1.82) is 0 Å². The number of carbonyl (C=O) groups excluding carboxylic acids is 1. The molecule has 0 aromatic carbocycles. The molecule has 2 aliphatic heterocycles. The molecule has 4 nitrogen and oxygen atoms in total. The molecule has 2 heterocycles. The van der Waals surface area contributed by atoms with Crippen molar-refractivity contribution in [2.45, 2.75) is 44.7 Å². The third-order valence-corrected chi connectivity index (χ3v) is 4.21. The lowest BCUT2D eigenvalue weighted by Gasteiger charge is -2.34. The number of nitrogens with one attached hydrogen (secondary N) is 1. The summed E-state index contributed by atoms with van der Waals surface area (Å²) in [5.74, 6) is 0.318. The van der Waals surface area contributed by atoms with Crippen molar-refractivity contribution in [3.05, 3.63) is 0 Å². The number of amides is 1. The molecule has 2 atom stereocenters. The molecule has 0 aromatic rings. The molecule has 17 heavy (non-hydrogen) atoms. The number of likely N-dealkylation sites (N-methyl/N-ethyl adjacent to an activating group) is 1. The van der Waals surface area contributed by atoms with E-state index in [1.165, 1.54) is 19.3 Å². The van der Waals surface area contributed by atoms with Gasteiger partial charge in [0.15, 0.2) is 0 Å². The molecule has 1 amide bonds. The number of carbonyl (C=O) groups is 1. The first kappa shape index (κ1) is 12.8. The highest BCUT2D eigenvalue weighted by Gasteiger charge is 2.27. The van der Waals surface area contributed by atoms with Crippen molar-refractivity contribution in [3.8, 4) is 0 Å². The first-order valence-corrected chi connectivity index (χ1v) is 6.90. The molecule has 2 rings (SSSR count). The Balaban J connectivity index is 1.82. The predicted molar refractivity (Wildman–Crippen MR) is 68.9 cm³/mol. The summed E-state index contributed by atoms with van der Waals surface area (Å²) in [4.78, 5) is 16.6. The SMILES string of the molecule is CN[C@@H]1CCCN(C(=O)CN2CCC[C@@H]2C)C1. The third-order valence-electron chi connectivity index (χ3n) is 4.21.